The normalized spacial score (nSPS) is 11.0. The Labute approximate surface area is 177 Å². The van der Waals surface area contributed by atoms with E-state index >= 15 is 0 Å². The lowest BCUT2D eigenvalue weighted by Crippen LogP contribution is -2.08. The van der Waals surface area contributed by atoms with Crippen LogP contribution in [0.5, 0.6) is 0 Å². The highest BCUT2D eigenvalue weighted by Crippen LogP contribution is 2.24. The third kappa shape index (κ3) is 4.72. The molecule has 0 saturated heterocycles. The number of aromatic nitrogens is 3. The van der Waals surface area contributed by atoms with Crippen molar-refractivity contribution in [3.63, 3.8) is 0 Å². The van der Waals surface area contributed by atoms with E-state index in [1.807, 2.05) is 37.3 Å². The molecular weight excluding hydrogens is 408 g/mol. The van der Waals surface area contributed by atoms with E-state index in [9.17, 15) is 14.9 Å². The van der Waals surface area contributed by atoms with Crippen molar-refractivity contribution in [1.29, 1.82) is 0 Å². The van der Waals surface area contributed by atoms with Crippen LogP contribution in [0.1, 0.15) is 39.8 Å². The van der Waals surface area contributed by atoms with Gasteiger partial charge in [-0.05, 0) is 31.6 Å². The van der Waals surface area contributed by atoms with Gasteiger partial charge in [0.15, 0.2) is 0 Å². The second-order valence-electron chi connectivity index (χ2n) is 6.37. The van der Waals surface area contributed by atoms with E-state index in [0.29, 0.717) is 23.0 Å². The van der Waals surface area contributed by atoms with Crippen molar-refractivity contribution in [3.05, 3.63) is 85.9 Å². The maximum atomic E-state index is 12.2. The minimum absolute atomic E-state index is 0.00718. The average molecular weight is 427 g/mol. The Balaban J connectivity index is 1.94. The number of hydrogen-bond donors (Lipinski definition) is 0. The maximum absolute atomic E-state index is 12.2. The molecule has 2 heterocycles. The number of aryl methyl sites for hydroxylation is 1. The molecule has 0 fully saturated rings. The van der Waals surface area contributed by atoms with Gasteiger partial charge in [0, 0.05) is 11.6 Å². The van der Waals surface area contributed by atoms with E-state index in [1.54, 1.807) is 23.8 Å². The predicted molar refractivity (Wildman–Crippen MR) is 113 cm³/mol. The molecule has 0 radical (unpaired) electrons. The Morgan fingerprint density at radius 3 is 2.70 bits per heavy atom. The summed E-state index contributed by atoms with van der Waals surface area (Å²) >= 11 is 6.51. The molecular formula is C21H19ClN4O4. The van der Waals surface area contributed by atoms with Crippen molar-refractivity contribution in [3.8, 4) is 0 Å². The highest BCUT2D eigenvalue weighted by atomic mass is 35.5. The zero-order valence-electron chi connectivity index (χ0n) is 16.4. The zero-order chi connectivity index (χ0) is 21.7. The number of esters is 1. The van der Waals surface area contributed by atoms with Gasteiger partial charge < -0.3 is 4.74 Å². The summed E-state index contributed by atoms with van der Waals surface area (Å²) in [5.41, 5.74) is 2.38. The summed E-state index contributed by atoms with van der Waals surface area (Å²) < 4.78 is 6.68. The van der Waals surface area contributed by atoms with E-state index < -0.39 is 10.9 Å². The Morgan fingerprint density at radius 2 is 2.03 bits per heavy atom. The number of carbonyl (C=O) groups is 1. The fraction of sp³-hybridized carbons (Fsp3) is 0.190. The molecule has 3 rings (SSSR count). The average Bonchev–Trinajstić information content (AvgIpc) is 2.99. The van der Waals surface area contributed by atoms with Crippen LogP contribution in [0.4, 0.5) is 5.69 Å². The van der Waals surface area contributed by atoms with E-state index in [-0.39, 0.29) is 23.6 Å². The number of ether oxygens (including phenoxy) is 1. The number of nitro groups is 1. The van der Waals surface area contributed by atoms with Gasteiger partial charge in [-0.25, -0.2) is 14.5 Å². The number of pyridine rings is 1. The summed E-state index contributed by atoms with van der Waals surface area (Å²) in [5.74, 6) is -0.684. The number of rotatable bonds is 7. The molecule has 154 valence electrons. The monoisotopic (exact) mass is 426 g/mol. The Bertz CT molecular complexity index is 1110. The van der Waals surface area contributed by atoms with Gasteiger partial charge in [0.2, 0.25) is 0 Å². The molecule has 1 aromatic carbocycles. The van der Waals surface area contributed by atoms with E-state index in [0.717, 1.165) is 17.8 Å². The van der Waals surface area contributed by atoms with Gasteiger partial charge >= 0.3 is 5.97 Å². The molecule has 2 aromatic heterocycles. The highest BCUT2D eigenvalue weighted by Gasteiger charge is 2.18. The quantitative estimate of drug-likeness (QED) is 0.312. The summed E-state index contributed by atoms with van der Waals surface area (Å²) in [4.78, 5) is 26.7. The minimum Gasteiger partial charge on any atom is -0.462 e. The van der Waals surface area contributed by atoms with Gasteiger partial charge in [0.1, 0.15) is 11.3 Å². The molecule has 9 heteroatoms. The first kappa shape index (κ1) is 21.2. The van der Waals surface area contributed by atoms with Crippen molar-refractivity contribution in [1.82, 2.24) is 14.8 Å². The third-order valence-electron chi connectivity index (χ3n) is 4.30. The maximum Gasteiger partial charge on any atom is 0.340 e. The molecule has 0 aliphatic carbocycles. The minimum atomic E-state index is -0.684. The van der Waals surface area contributed by atoms with Crippen LogP contribution in [-0.4, -0.2) is 32.3 Å². The Morgan fingerprint density at radius 1 is 1.30 bits per heavy atom. The molecule has 0 aliphatic heterocycles. The van der Waals surface area contributed by atoms with Gasteiger partial charge in [0.05, 0.1) is 35.0 Å². The van der Waals surface area contributed by atoms with Crippen molar-refractivity contribution in [2.24, 2.45) is 0 Å². The summed E-state index contributed by atoms with van der Waals surface area (Å²) in [6.45, 7) is 4.13. The lowest BCUT2D eigenvalue weighted by molar-refractivity contribution is -0.385. The molecule has 0 N–H and O–H groups in total. The standard InChI is InChI=1S/C21H19ClN4O4/c1-3-30-21(27)18-11-16(26(28)29)12-23-19(18)10-9-17-14(2)24-25(20(17)22)13-15-7-5-4-6-8-15/h4-12H,3,13H2,1-2H3. The molecule has 0 unspecified atom stereocenters. The number of halogens is 1. The van der Waals surface area contributed by atoms with Crippen LogP contribution in [0.25, 0.3) is 12.2 Å². The van der Waals surface area contributed by atoms with Gasteiger partial charge in [0.25, 0.3) is 5.69 Å². The first-order chi connectivity index (χ1) is 14.4. The SMILES string of the molecule is CCOC(=O)c1cc([N+](=O)[O-])cnc1C=Cc1c(C)nn(Cc2ccccc2)c1Cl. The highest BCUT2D eigenvalue weighted by molar-refractivity contribution is 6.31. The van der Waals surface area contributed by atoms with Crippen LogP contribution >= 0.6 is 11.6 Å². The van der Waals surface area contributed by atoms with Crippen LogP contribution in [0, 0.1) is 17.0 Å². The number of nitrogens with zero attached hydrogens (tertiary/aromatic N) is 4. The van der Waals surface area contributed by atoms with Crippen LogP contribution in [-0.2, 0) is 11.3 Å². The summed E-state index contributed by atoms with van der Waals surface area (Å²) in [6, 6.07) is 10.9. The van der Waals surface area contributed by atoms with Crippen LogP contribution < -0.4 is 0 Å². The molecule has 0 saturated carbocycles. The van der Waals surface area contributed by atoms with Crippen molar-refractivity contribution in [2.75, 3.05) is 6.61 Å². The fourth-order valence-corrected chi connectivity index (χ4v) is 3.15. The second kappa shape index (κ2) is 9.32. The molecule has 0 aliphatic rings. The second-order valence-corrected chi connectivity index (χ2v) is 6.73. The van der Waals surface area contributed by atoms with Gasteiger partial charge in [-0.3, -0.25) is 10.1 Å². The summed E-state index contributed by atoms with van der Waals surface area (Å²) in [6.07, 6.45) is 4.34. The lowest BCUT2D eigenvalue weighted by Gasteiger charge is -2.05. The van der Waals surface area contributed by atoms with E-state index in [1.165, 1.54) is 0 Å². The van der Waals surface area contributed by atoms with Gasteiger partial charge in [-0.2, -0.15) is 5.10 Å². The van der Waals surface area contributed by atoms with Crippen LogP contribution in [0.2, 0.25) is 5.15 Å². The Hall–Kier alpha value is -3.52. The first-order valence-corrected chi connectivity index (χ1v) is 9.55. The van der Waals surface area contributed by atoms with Gasteiger partial charge in [-0.1, -0.05) is 41.9 Å². The van der Waals surface area contributed by atoms with E-state index in [2.05, 4.69) is 10.1 Å². The molecule has 8 nitrogen and oxygen atoms in total. The number of carbonyl (C=O) groups excluding carboxylic acids is 1. The molecule has 0 bridgehead atoms. The fourth-order valence-electron chi connectivity index (χ4n) is 2.85. The third-order valence-corrected chi connectivity index (χ3v) is 4.70. The zero-order valence-corrected chi connectivity index (χ0v) is 17.2. The number of hydrogen-bond acceptors (Lipinski definition) is 6. The van der Waals surface area contributed by atoms with Crippen molar-refractivity contribution >= 4 is 35.4 Å². The van der Waals surface area contributed by atoms with E-state index in [4.69, 9.17) is 16.3 Å². The molecule has 0 spiro atoms. The van der Waals surface area contributed by atoms with Crippen LogP contribution in [0.3, 0.4) is 0 Å². The van der Waals surface area contributed by atoms with Crippen molar-refractivity contribution < 1.29 is 14.5 Å². The number of benzene rings is 1. The first-order valence-electron chi connectivity index (χ1n) is 9.17. The smallest absolute Gasteiger partial charge is 0.340 e. The molecule has 0 atom stereocenters. The largest absolute Gasteiger partial charge is 0.462 e. The summed E-state index contributed by atoms with van der Waals surface area (Å²) in [7, 11) is 0. The predicted octanol–water partition coefficient (Wildman–Crippen LogP) is 4.54. The van der Waals surface area contributed by atoms with Crippen molar-refractivity contribution in [2.45, 2.75) is 20.4 Å². The Kier molecular flexibility index (Phi) is 6.58. The van der Waals surface area contributed by atoms with Crippen LogP contribution in [0.15, 0.2) is 42.6 Å². The lowest BCUT2D eigenvalue weighted by atomic mass is 10.1. The van der Waals surface area contributed by atoms with Gasteiger partial charge in [-0.15, -0.1) is 0 Å². The molecule has 0 amide bonds. The molecule has 3 aromatic rings. The molecule has 30 heavy (non-hydrogen) atoms. The topological polar surface area (TPSA) is 100 Å². The summed E-state index contributed by atoms with van der Waals surface area (Å²) in [5, 5.41) is 15.9.